The minimum atomic E-state index is -1.13. The summed E-state index contributed by atoms with van der Waals surface area (Å²) in [6.45, 7) is 0. The minimum Gasteiger partial charge on any atom is -0.478 e. The van der Waals surface area contributed by atoms with Gasteiger partial charge in [-0.05, 0) is 0 Å². The van der Waals surface area contributed by atoms with E-state index >= 15 is 0 Å². The largest absolute Gasteiger partial charge is 0.478 e. The lowest BCUT2D eigenvalue weighted by Gasteiger charge is -2.09. The first kappa shape index (κ1) is 10.3. The van der Waals surface area contributed by atoms with Crippen LogP contribution in [0.1, 0.15) is 20.9 Å². The Balaban J connectivity index is 2.76. The fourth-order valence-corrected chi connectivity index (χ4v) is 0.826. The van der Waals surface area contributed by atoms with Crippen molar-refractivity contribution >= 4 is 11.9 Å². The molecule has 0 aliphatic rings. The average Bonchev–Trinajstić information content (AvgIpc) is 2.50. The van der Waals surface area contributed by atoms with Crippen LogP contribution in [-0.2, 0) is 0 Å². The molecule has 0 fully saturated rings. The molecule has 0 saturated heterocycles. The third kappa shape index (κ3) is 2.33. The highest BCUT2D eigenvalue weighted by atomic mass is 16.4. The average molecular weight is 198 g/mol. The molecule has 6 nitrogen and oxygen atoms in total. The van der Waals surface area contributed by atoms with Crippen LogP contribution in [0.5, 0.6) is 0 Å². The summed E-state index contributed by atoms with van der Waals surface area (Å²) in [5.74, 6) is -1.64. The van der Waals surface area contributed by atoms with E-state index in [1.807, 2.05) is 0 Å². The van der Waals surface area contributed by atoms with Crippen molar-refractivity contribution < 1.29 is 19.1 Å². The molecule has 1 rings (SSSR count). The summed E-state index contributed by atoms with van der Waals surface area (Å²) < 4.78 is 4.77. The van der Waals surface area contributed by atoms with Gasteiger partial charge in [0.05, 0.1) is 5.56 Å². The topological polar surface area (TPSA) is 82.8 Å². The van der Waals surface area contributed by atoms with Gasteiger partial charge in [0, 0.05) is 20.2 Å². The van der Waals surface area contributed by atoms with Crippen molar-refractivity contribution in [3.05, 3.63) is 23.7 Å². The van der Waals surface area contributed by atoms with Gasteiger partial charge in [-0.25, -0.2) is 9.80 Å². The fourth-order valence-electron chi connectivity index (χ4n) is 0.826. The number of furan rings is 1. The van der Waals surface area contributed by atoms with Gasteiger partial charge in [-0.3, -0.25) is 10.2 Å². The molecule has 1 amide bonds. The zero-order chi connectivity index (χ0) is 10.7. The number of nitrogens with one attached hydrogen (secondary N) is 1. The van der Waals surface area contributed by atoms with Crippen LogP contribution in [0.15, 0.2) is 16.7 Å². The van der Waals surface area contributed by atoms with Gasteiger partial charge in [-0.2, -0.15) is 0 Å². The first-order valence-electron chi connectivity index (χ1n) is 3.81. The summed E-state index contributed by atoms with van der Waals surface area (Å²) >= 11 is 0. The molecule has 0 atom stereocenters. The smallest absolute Gasteiger partial charge is 0.338 e. The van der Waals surface area contributed by atoms with Gasteiger partial charge in [0.25, 0.3) is 0 Å². The summed E-state index contributed by atoms with van der Waals surface area (Å²) in [4.78, 5) is 21.7. The van der Waals surface area contributed by atoms with Gasteiger partial charge in [-0.15, -0.1) is 0 Å². The maximum absolute atomic E-state index is 11.3. The summed E-state index contributed by atoms with van der Waals surface area (Å²) in [7, 11) is 3.28. The maximum Gasteiger partial charge on any atom is 0.338 e. The van der Waals surface area contributed by atoms with Crippen LogP contribution in [0, 0.1) is 0 Å². The molecule has 0 aliphatic heterocycles. The molecular weight excluding hydrogens is 188 g/mol. The fraction of sp³-hybridized carbons (Fsp3) is 0.250. The van der Waals surface area contributed by atoms with Crippen molar-refractivity contribution in [1.29, 1.82) is 0 Å². The number of carbonyl (C=O) groups is 2. The standard InChI is InChI=1S/C8H10N2O4/c1-10(2)9-7(11)6-3-5(4-14-6)8(12)13/h3-4H,1-2H3,(H,9,11)(H,12,13). The zero-order valence-corrected chi connectivity index (χ0v) is 7.77. The second kappa shape index (κ2) is 3.93. The first-order valence-corrected chi connectivity index (χ1v) is 3.81. The Labute approximate surface area is 80.1 Å². The Hall–Kier alpha value is -1.82. The lowest BCUT2D eigenvalue weighted by Crippen LogP contribution is -2.35. The van der Waals surface area contributed by atoms with E-state index < -0.39 is 11.9 Å². The summed E-state index contributed by atoms with van der Waals surface area (Å²) in [5, 5.41) is 10.00. The van der Waals surface area contributed by atoms with Gasteiger partial charge in [0.2, 0.25) is 0 Å². The Morgan fingerprint density at radius 2 is 2.14 bits per heavy atom. The summed E-state index contributed by atoms with van der Waals surface area (Å²) in [6, 6.07) is 1.17. The van der Waals surface area contributed by atoms with Crippen LogP contribution in [0.4, 0.5) is 0 Å². The molecule has 1 aromatic rings. The number of amides is 1. The number of rotatable bonds is 3. The highest BCUT2D eigenvalue weighted by Crippen LogP contribution is 2.07. The Morgan fingerprint density at radius 1 is 1.50 bits per heavy atom. The van der Waals surface area contributed by atoms with Crippen LogP contribution in [0.3, 0.4) is 0 Å². The molecule has 6 heteroatoms. The van der Waals surface area contributed by atoms with Crippen LogP contribution in [0.25, 0.3) is 0 Å². The highest BCUT2D eigenvalue weighted by molar-refractivity contribution is 5.95. The van der Waals surface area contributed by atoms with Crippen molar-refractivity contribution in [3.63, 3.8) is 0 Å². The van der Waals surface area contributed by atoms with Crippen LogP contribution in [-0.4, -0.2) is 36.1 Å². The van der Waals surface area contributed by atoms with E-state index in [2.05, 4.69) is 5.43 Å². The van der Waals surface area contributed by atoms with Crippen molar-refractivity contribution in [1.82, 2.24) is 10.4 Å². The quantitative estimate of drug-likeness (QED) is 0.677. The van der Waals surface area contributed by atoms with Gasteiger partial charge in [0.1, 0.15) is 6.26 Å². The van der Waals surface area contributed by atoms with E-state index in [-0.39, 0.29) is 11.3 Å². The Kier molecular flexibility index (Phi) is 2.88. The second-order valence-corrected chi connectivity index (χ2v) is 2.84. The van der Waals surface area contributed by atoms with E-state index in [4.69, 9.17) is 9.52 Å². The SMILES string of the molecule is CN(C)NC(=O)c1cc(C(=O)O)co1. The number of hydrogen-bond donors (Lipinski definition) is 2. The lowest BCUT2D eigenvalue weighted by atomic mass is 10.3. The lowest BCUT2D eigenvalue weighted by molar-refractivity contribution is 0.0695. The predicted octanol–water partition coefficient (Wildman–Crippen LogP) is 0.184. The molecule has 1 heterocycles. The number of carbonyl (C=O) groups excluding carboxylic acids is 1. The molecule has 0 bridgehead atoms. The number of carboxylic acid groups (broad SMARTS) is 1. The van der Waals surface area contributed by atoms with Crippen LogP contribution >= 0.6 is 0 Å². The van der Waals surface area contributed by atoms with E-state index in [1.165, 1.54) is 11.1 Å². The maximum atomic E-state index is 11.3. The molecule has 2 N–H and O–H groups in total. The molecule has 1 aromatic heterocycles. The van der Waals surface area contributed by atoms with Crippen molar-refractivity contribution in [3.8, 4) is 0 Å². The van der Waals surface area contributed by atoms with E-state index in [0.717, 1.165) is 6.26 Å². The molecule has 14 heavy (non-hydrogen) atoms. The van der Waals surface area contributed by atoms with Gasteiger partial charge in [-0.1, -0.05) is 0 Å². The molecule has 0 saturated carbocycles. The Bertz CT molecular complexity index is 356. The van der Waals surface area contributed by atoms with Crippen molar-refractivity contribution in [2.24, 2.45) is 0 Å². The second-order valence-electron chi connectivity index (χ2n) is 2.84. The molecule has 0 radical (unpaired) electrons. The van der Waals surface area contributed by atoms with E-state index in [9.17, 15) is 9.59 Å². The predicted molar refractivity (Wildman–Crippen MR) is 46.8 cm³/mol. The number of nitrogens with zero attached hydrogens (tertiary/aromatic N) is 1. The molecule has 0 aromatic carbocycles. The minimum absolute atomic E-state index is 0.0314. The Morgan fingerprint density at radius 3 is 2.57 bits per heavy atom. The van der Waals surface area contributed by atoms with Crippen molar-refractivity contribution in [2.45, 2.75) is 0 Å². The monoisotopic (exact) mass is 198 g/mol. The highest BCUT2D eigenvalue weighted by Gasteiger charge is 2.14. The molecule has 76 valence electrons. The van der Waals surface area contributed by atoms with E-state index in [0.29, 0.717) is 0 Å². The molecule has 0 spiro atoms. The third-order valence-electron chi connectivity index (χ3n) is 1.40. The van der Waals surface area contributed by atoms with Crippen LogP contribution < -0.4 is 5.43 Å². The molecule has 0 aliphatic carbocycles. The van der Waals surface area contributed by atoms with Gasteiger partial charge >= 0.3 is 11.9 Å². The molecular formula is C8H10N2O4. The zero-order valence-electron chi connectivity index (χ0n) is 7.77. The first-order chi connectivity index (χ1) is 6.50. The van der Waals surface area contributed by atoms with Gasteiger partial charge in [0.15, 0.2) is 5.76 Å². The number of aromatic carboxylic acids is 1. The summed E-state index contributed by atoms with van der Waals surface area (Å²) in [5.41, 5.74) is 2.37. The summed E-state index contributed by atoms with van der Waals surface area (Å²) in [6.07, 6.45) is 1.02. The normalized spacial score (nSPS) is 10.2. The van der Waals surface area contributed by atoms with E-state index in [1.54, 1.807) is 14.1 Å². The number of hydrazine groups is 1. The number of carboxylic acids is 1. The number of hydrogen-bond acceptors (Lipinski definition) is 4. The molecule has 0 unspecified atom stereocenters. The van der Waals surface area contributed by atoms with Crippen molar-refractivity contribution in [2.75, 3.05) is 14.1 Å². The van der Waals surface area contributed by atoms with Crippen LogP contribution in [0.2, 0.25) is 0 Å². The van der Waals surface area contributed by atoms with Gasteiger partial charge < -0.3 is 9.52 Å². The third-order valence-corrected chi connectivity index (χ3v) is 1.40.